The summed E-state index contributed by atoms with van der Waals surface area (Å²) < 4.78 is 10.5. The fourth-order valence-corrected chi connectivity index (χ4v) is 3.39. The van der Waals surface area contributed by atoms with E-state index in [1.54, 1.807) is 30.2 Å². The van der Waals surface area contributed by atoms with Crippen LogP contribution in [0.25, 0.3) is 0 Å². The zero-order valence-electron chi connectivity index (χ0n) is 16.6. The molecule has 1 aliphatic rings. The summed E-state index contributed by atoms with van der Waals surface area (Å²) in [6.45, 7) is 4.10. The van der Waals surface area contributed by atoms with E-state index in [2.05, 4.69) is 0 Å². The van der Waals surface area contributed by atoms with E-state index in [1.165, 1.54) is 7.11 Å². The van der Waals surface area contributed by atoms with Gasteiger partial charge in [-0.15, -0.1) is 0 Å². The van der Waals surface area contributed by atoms with Crippen molar-refractivity contribution >= 4 is 11.8 Å². The molecule has 3 rings (SSSR count). The first-order valence-corrected chi connectivity index (χ1v) is 9.37. The fourth-order valence-electron chi connectivity index (χ4n) is 3.39. The molecule has 2 aromatic rings. The van der Waals surface area contributed by atoms with Gasteiger partial charge >= 0.3 is 0 Å². The van der Waals surface area contributed by atoms with Crippen molar-refractivity contribution in [2.24, 2.45) is 0 Å². The second-order valence-corrected chi connectivity index (χ2v) is 6.84. The van der Waals surface area contributed by atoms with Gasteiger partial charge in [0.15, 0.2) is 0 Å². The van der Waals surface area contributed by atoms with Gasteiger partial charge in [0.2, 0.25) is 5.91 Å². The monoisotopic (exact) mass is 382 g/mol. The third-order valence-electron chi connectivity index (χ3n) is 5.16. The Bertz CT molecular complexity index is 857. The quantitative estimate of drug-likeness (QED) is 0.797. The number of piperazine rings is 1. The molecule has 0 radical (unpaired) electrons. The van der Waals surface area contributed by atoms with Crippen LogP contribution in [-0.4, -0.2) is 62.0 Å². The van der Waals surface area contributed by atoms with Crippen LogP contribution in [0.1, 0.15) is 21.5 Å². The summed E-state index contributed by atoms with van der Waals surface area (Å²) in [6.07, 6.45) is 0.396. The first kappa shape index (κ1) is 19.7. The Kier molecular flexibility index (Phi) is 6.19. The maximum Gasteiger partial charge on any atom is 0.257 e. The van der Waals surface area contributed by atoms with E-state index in [1.807, 2.05) is 36.1 Å². The Morgan fingerprint density at radius 3 is 2.25 bits per heavy atom. The number of benzene rings is 2. The molecule has 1 fully saturated rings. The molecule has 1 aliphatic heterocycles. The third-order valence-corrected chi connectivity index (χ3v) is 5.16. The van der Waals surface area contributed by atoms with Crippen LogP contribution in [-0.2, 0) is 11.2 Å². The minimum absolute atomic E-state index is 0.0921. The minimum atomic E-state index is -0.0921. The number of nitrogens with zero attached hydrogens (tertiary/aromatic N) is 2. The maximum atomic E-state index is 12.9. The van der Waals surface area contributed by atoms with Gasteiger partial charge in [-0.2, -0.15) is 0 Å². The molecular formula is C22H26N2O4. The standard InChI is InChI=1S/C22H26N2O4/c1-16-6-4-5-7-17(16)14-21(25)23-10-12-24(13-11-23)22(26)19-9-8-18(27-2)15-20(19)28-3/h4-9,15H,10-14H2,1-3H3. The van der Waals surface area contributed by atoms with E-state index in [-0.39, 0.29) is 11.8 Å². The molecule has 2 amide bonds. The van der Waals surface area contributed by atoms with Crippen molar-refractivity contribution in [1.29, 1.82) is 0 Å². The average molecular weight is 382 g/mol. The summed E-state index contributed by atoms with van der Waals surface area (Å²) in [5, 5.41) is 0. The van der Waals surface area contributed by atoms with E-state index < -0.39 is 0 Å². The molecule has 0 atom stereocenters. The van der Waals surface area contributed by atoms with Crippen molar-refractivity contribution in [2.75, 3.05) is 40.4 Å². The highest BCUT2D eigenvalue weighted by Gasteiger charge is 2.26. The Morgan fingerprint density at radius 2 is 1.61 bits per heavy atom. The highest BCUT2D eigenvalue weighted by Crippen LogP contribution is 2.26. The van der Waals surface area contributed by atoms with Gasteiger partial charge in [-0.25, -0.2) is 0 Å². The smallest absolute Gasteiger partial charge is 0.257 e. The number of hydrogen-bond donors (Lipinski definition) is 0. The summed E-state index contributed by atoms with van der Waals surface area (Å²) in [5.41, 5.74) is 2.67. The number of hydrogen-bond acceptors (Lipinski definition) is 4. The van der Waals surface area contributed by atoms with Crippen LogP contribution in [0.4, 0.5) is 0 Å². The number of rotatable bonds is 5. The van der Waals surface area contributed by atoms with Gasteiger partial charge in [-0.05, 0) is 30.2 Å². The average Bonchev–Trinajstić information content (AvgIpc) is 2.74. The summed E-state index contributed by atoms with van der Waals surface area (Å²) in [4.78, 5) is 29.1. The van der Waals surface area contributed by atoms with Gasteiger partial charge in [0.1, 0.15) is 11.5 Å². The van der Waals surface area contributed by atoms with E-state index in [4.69, 9.17) is 9.47 Å². The van der Waals surface area contributed by atoms with Crippen molar-refractivity contribution in [3.05, 3.63) is 59.2 Å². The molecule has 6 nitrogen and oxygen atoms in total. The highest BCUT2D eigenvalue weighted by molar-refractivity contribution is 5.97. The lowest BCUT2D eigenvalue weighted by Crippen LogP contribution is -2.51. The highest BCUT2D eigenvalue weighted by atomic mass is 16.5. The lowest BCUT2D eigenvalue weighted by atomic mass is 10.1. The van der Waals surface area contributed by atoms with Crippen LogP contribution in [0.15, 0.2) is 42.5 Å². The first-order chi connectivity index (χ1) is 13.5. The number of carbonyl (C=O) groups is 2. The zero-order chi connectivity index (χ0) is 20.1. The molecule has 0 N–H and O–H groups in total. The molecular weight excluding hydrogens is 356 g/mol. The van der Waals surface area contributed by atoms with E-state index in [0.717, 1.165) is 11.1 Å². The van der Waals surface area contributed by atoms with Crippen molar-refractivity contribution in [1.82, 2.24) is 9.80 Å². The maximum absolute atomic E-state index is 12.9. The second-order valence-electron chi connectivity index (χ2n) is 6.84. The van der Waals surface area contributed by atoms with Crippen molar-refractivity contribution in [3.8, 4) is 11.5 Å². The molecule has 148 valence electrons. The minimum Gasteiger partial charge on any atom is -0.497 e. The predicted octanol–water partition coefficient (Wildman–Crippen LogP) is 2.54. The Balaban J connectivity index is 1.61. The second kappa shape index (κ2) is 8.78. The molecule has 1 heterocycles. The van der Waals surface area contributed by atoms with Crippen LogP contribution in [0.5, 0.6) is 11.5 Å². The van der Waals surface area contributed by atoms with Crippen molar-refractivity contribution in [2.45, 2.75) is 13.3 Å². The zero-order valence-corrected chi connectivity index (χ0v) is 16.6. The third kappa shape index (κ3) is 4.27. The molecule has 0 aliphatic carbocycles. The molecule has 0 aromatic heterocycles. The van der Waals surface area contributed by atoms with Crippen LogP contribution in [0.2, 0.25) is 0 Å². The normalized spacial score (nSPS) is 14.0. The lowest BCUT2D eigenvalue weighted by molar-refractivity contribution is -0.131. The van der Waals surface area contributed by atoms with Crippen LogP contribution in [0, 0.1) is 6.92 Å². The predicted molar refractivity (Wildman–Crippen MR) is 107 cm³/mol. The van der Waals surface area contributed by atoms with Crippen molar-refractivity contribution in [3.63, 3.8) is 0 Å². The topological polar surface area (TPSA) is 59.1 Å². The van der Waals surface area contributed by atoms with E-state index >= 15 is 0 Å². The Labute approximate surface area is 165 Å². The molecule has 0 bridgehead atoms. The first-order valence-electron chi connectivity index (χ1n) is 9.37. The summed E-state index contributed by atoms with van der Waals surface area (Å²) in [5.74, 6) is 1.14. The lowest BCUT2D eigenvalue weighted by Gasteiger charge is -2.35. The molecule has 0 spiro atoms. The van der Waals surface area contributed by atoms with Gasteiger partial charge in [0.05, 0.1) is 26.2 Å². The number of aryl methyl sites for hydroxylation is 1. The molecule has 0 unspecified atom stereocenters. The molecule has 1 saturated heterocycles. The number of amides is 2. The fraction of sp³-hybridized carbons (Fsp3) is 0.364. The molecule has 6 heteroatoms. The number of ether oxygens (including phenoxy) is 2. The molecule has 2 aromatic carbocycles. The van der Waals surface area contributed by atoms with Gasteiger partial charge in [-0.3, -0.25) is 9.59 Å². The van der Waals surface area contributed by atoms with Crippen molar-refractivity contribution < 1.29 is 19.1 Å². The number of carbonyl (C=O) groups excluding carboxylic acids is 2. The van der Waals surface area contributed by atoms with Gasteiger partial charge in [0, 0.05) is 32.2 Å². The summed E-state index contributed by atoms with van der Waals surface area (Å²) in [7, 11) is 3.11. The van der Waals surface area contributed by atoms with Crippen LogP contribution < -0.4 is 9.47 Å². The van der Waals surface area contributed by atoms with Gasteiger partial charge in [0.25, 0.3) is 5.91 Å². The van der Waals surface area contributed by atoms with Crippen LogP contribution in [0.3, 0.4) is 0 Å². The SMILES string of the molecule is COc1ccc(C(=O)N2CCN(C(=O)Cc3ccccc3C)CC2)c(OC)c1. The Morgan fingerprint density at radius 1 is 0.929 bits per heavy atom. The van der Waals surface area contributed by atoms with E-state index in [9.17, 15) is 9.59 Å². The molecule has 28 heavy (non-hydrogen) atoms. The van der Waals surface area contributed by atoms with Gasteiger partial charge in [-0.1, -0.05) is 24.3 Å². The summed E-state index contributed by atoms with van der Waals surface area (Å²) >= 11 is 0. The molecule has 0 saturated carbocycles. The Hall–Kier alpha value is -3.02. The van der Waals surface area contributed by atoms with Crippen LogP contribution >= 0.6 is 0 Å². The van der Waals surface area contributed by atoms with Gasteiger partial charge < -0.3 is 19.3 Å². The van der Waals surface area contributed by atoms with E-state index in [0.29, 0.717) is 49.7 Å². The summed E-state index contributed by atoms with van der Waals surface area (Å²) in [6, 6.07) is 13.1. The largest absolute Gasteiger partial charge is 0.497 e. The number of methoxy groups -OCH3 is 2.